The minimum atomic E-state index is -0.974. The Kier molecular flexibility index (Phi) is 3.02. The van der Waals surface area contributed by atoms with E-state index in [9.17, 15) is 9.90 Å². The highest BCUT2D eigenvalue weighted by molar-refractivity contribution is 6.34. The SMILES string of the molecule is O=C(O)c1ccc(-c2cccc(O)c2Cl)cc1. The van der Waals surface area contributed by atoms with Crippen molar-refractivity contribution in [2.75, 3.05) is 0 Å². The number of carbonyl (C=O) groups is 1. The van der Waals surface area contributed by atoms with Crippen LogP contribution in [-0.4, -0.2) is 16.2 Å². The molecule has 0 fully saturated rings. The molecule has 0 atom stereocenters. The van der Waals surface area contributed by atoms with E-state index < -0.39 is 5.97 Å². The molecule has 0 saturated heterocycles. The van der Waals surface area contributed by atoms with E-state index in [0.717, 1.165) is 5.56 Å². The van der Waals surface area contributed by atoms with Crippen molar-refractivity contribution in [1.82, 2.24) is 0 Å². The normalized spacial score (nSPS) is 10.2. The summed E-state index contributed by atoms with van der Waals surface area (Å²) in [6, 6.07) is 11.3. The summed E-state index contributed by atoms with van der Waals surface area (Å²) in [7, 11) is 0. The number of phenols is 1. The molecule has 86 valence electrons. The van der Waals surface area contributed by atoms with Gasteiger partial charge in [-0.25, -0.2) is 4.79 Å². The van der Waals surface area contributed by atoms with E-state index in [4.69, 9.17) is 16.7 Å². The van der Waals surface area contributed by atoms with Gasteiger partial charge in [-0.2, -0.15) is 0 Å². The van der Waals surface area contributed by atoms with Crippen LogP contribution >= 0.6 is 11.6 Å². The molecule has 2 N–H and O–H groups in total. The van der Waals surface area contributed by atoms with Crippen LogP contribution in [0.2, 0.25) is 5.02 Å². The summed E-state index contributed by atoms with van der Waals surface area (Å²) in [5.41, 5.74) is 1.64. The number of hydrogen-bond donors (Lipinski definition) is 2. The Morgan fingerprint density at radius 2 is 1.71 bits per heavy atom. The van der Waals surface area contributed by atoms with Crippen LogP contribution in [-0.2, 0) is 0 Å². The first kappa shape index (κ1) is 11.5. The van der Waals surface area contributed by atoms with E-state index in [2.05, 4.69) is 0 Å². The van der Waals surface area contributed by atoms with Crippen LogP contribution in [0.15, 0.2) is 42.5 Å². The van der Waals surface area contributed by atoms with E-state index in [-0.39, 0.29) is 16.3 Å². The molecule has 2 aromatic carbocycles. The molecule has 0 heterocycles. The maximum absolute atomic E-state index is 10.7. The van der Waals surface area contributed by atoms with E-state index in [1.807, 2.05) is 0 Å². The van der Waals surface area contributed by atoms with E-state index in [0.29, 0.717) is 5.56 Å². The van der Waals surface area contributed by atoms with Gasteiger partial charge < -0.3 is 10.2 Å². The quantitative estimate of drug-likeness (QED) is 0.856. The molecule has 0 saturated carbocycles. The van der Waals surface area contributed by atoms with Crippen LogP contribution in [0.25, 0.3) is 11.1 Å². The van der Waals surface area contributed by atoms with Gasteiger partial charge in [-0.15, -0.1) is 0 Å². The summed E-state index contributed by atoms with van der Waals surface area (Å²) >= 11 is 5.96. The first-order valence-corrected chi connectivity index (χ1v) is 5.28. The van der Waals surface area contributed by atoms with E-state index in [1.165, 1.54) is 18.2 Å². The molecule has 0 bridgehead atoms. The molecule has 0 aliphatic heterocycles. The molecule has 3 nitrogen and oxygen atoms in total. The molecule has 0 spiro atoms. The van der Waals surface area contributed by atoms with Crippen molar-refractivity contribution < 1.29 is 15.0 Å². The molecule has 2 rings (SSSR count). The Labute approximate surface area is 103 Å². The molecule has 0 aliphatic carbocycles. The zero-order valence-corrected chi connectivity index (χ0v) is 9.48. The van der Waals surface area contributed by atoms with Crippen molar-refractivity contribution in [1.29, 1.82) is 0 Å². The number of carboxylic acid groups (broad SMARTS) is 1. The van der Waals surface area contributed by atoms with Gasteiger partial charge in [0.25, 0.3) is 0 Å². The molecular weight excluding hydrogens is 240 g/mol. The molecule has 0 aromatic heterocycles. The topological polar surface area (TPSA) is 57.5 Å². The average Bonchev–Trinajstić information content (AvgIpc) is 2.33. The maximum atomic E-state index is 10.7. The van der Waals surface area contributed by atoms with Gasteiger partial charge in [-0.05, 0) is 23.8 Å². The molecule has 0 unspecified atom stereocenters. The Morgan fingerprint density at radius 1 is 1.06 bits per heavy atom. The van der Waals surface area contributed by atoms with Crippen molar-refractivity contribution in [3.63, 3.8) is 0 Å². The smallest absolute Gasteiger partial charge is 0.335 e. The highest BCUT2D eigenvalue weighted by atomic mass is 35.5. The molecule has 0 radical (unpaired) electrons. The lowest BCUT2D eigenvalue weighted by Crippen LogP contribution is -1.95. The highest BCUT2D eigenvalue weighted by Gasteiger charge is 2.08. The van der Waals surface area contributed by atoms with Crippen molar-refractivity contribution in [2.45, 2.75) is 0 Å². The number of aromatic carboxylic acids is 1. The van der Waals surface area contributed by atoms with E-state index >= 15 is 0 Å². The third-order valence-electron chi connectivity index (χ3n) is 2.42. The van der Waals surface area contributed by atoms with Crippen molar-refractivity contribution in [3.05, 3.63) is 53.1 Å². The van der Waals surface area contributed by atoms with Gasteiger partial charge in [0.05, 0.1) is 10.6 Å². The Balaban J connectivity index is 2.47. The Hall–Kier alpha value is -2.00. The Bertz CT molecular complexity index is 561. The molecule has 17 heavy (non-hydrogen) atoms. The predicted molar refractivity (Wildman–Crippen MR) is 65.5 cm³/mol. The molecule has 4 heteroatoms. The second-order valence-corrected chi connectivity index (χ2v) is 3.90. The average molecular weight is 249 g/mol. The van der Waals surface area contributed by atoms with Crippen LogP contribution in [0.5, 0.6) is 5.75 Å². The number of hydrogen-bond acceptors (Lipinski definition) is 2. The summed E-state index contributed by atoms with van der Waals surface area (Å²) in [5, 5.41) is 18.5. The van der Waals surface area contributed by atoms with Crippen LogP contribution in [0, 0.1) is 0 Å². The zero-order chi connectivity index (χ0) is 12.4. The van der Waals surface area contributed by atoms with Gasteiger partial charge in [-0.1, -0.05) is 35.9 Å². The van der Waals surface area contributed by atoms with Gasteiger partial charge in [-0.3, -0.25) is 0 Å². The summed E-state index contributed by atoms with van der Waals surface area (Å²) in [5.74, 6) is -0.968. The van der Waals surface area contributed by atoms with Crippen LogP contribution in [0.4, 0.5) is 0 Å². The zero-order valence-electron chi connectivity index (χ0n) is 8.72. The van der Waals surface area contributed by atoms with Gasteiger partial charge in [0, 0.05) is 5.56 Å². The number of carboxylic acids is 1. The molecule has 0 amide bonds. The summed E-state index contributed by atoms with van der Waals surface area (Å²) in [4.78, 5) is 10.7. The van der Waals surface area contributed by atoms with Crippen molar-refractivity contribution in [3.8, 4) is 16.9 Å². The first-order chi connectivity index (χ1) is 8.09. The largest absolute Gasteiger partial charge is 0.506 e. The second kappa shape index (κ2) is 4.47. The number of halogens is 1. The lowest BCUT2D eigenvalue weighted by atomic mass is 10.0. The Morgan fingerprint density at radius 3 is 2.29 bits per heavy atom. The highest BCUT2D eigenvalue weighted by Crippen LogP contribution is 2.34. The molecule has 0 aliphatic rings. The fourth-order valence-corrected chi connectivity index (χ4v) is 1.77. The maximum Gasteiger partial charge on any atom is 0.335 e. The fraction of sp³-hybridized carbons (Fsp3) is 0. The number of benzene rings is 2. The van der Waals surface area contributed by atoms with Crippen molar-refractivity contribution >= 4 is 17.6 Å². The standard InChI is InChI=1S/C13H9ClO3/c14-12-10(2-1-3-11(12)15)8-4-6-9(7-5-8)13(16)17/h1-7,15H,(H,16,17). The monoisotopic (exact) mass is 248 g/mol. The summed E-state index contributed by atoms with van der Waals surface area (Å²) in [6.45, 7) is 0. The van der Waals surface area contributed by atoms with Gasteiger partial charge in [0.2, 0.25) is 0 Å². The number of aromatic hydroxyl groups is 1. The minimum Gasteiger partial charge on any atom is -0.506 e. The number of phenolic OH excluding ortho intramolecular Hbond substituents is 1. The molecule has 2 aromatic rings. The predicted octanol–water partition coefficient (Wildman–Crippen LogP) is 3.41. The first-order valence-electron chi connectivity index (χ1n) is 4.91. The molecular formula is C13H9ClO3. The number of rotatable bonds is 2. The summed E-state index contributed by atoms with van der Waals surface area (Å²) < 4.78 is 0. The van der Waals surface area contributed by atoms with Gasteiger partial charge in [0.15, 0.2) is 0 Å². The fourth-order valence-electron chi connectivity index (χ4n) is 1.54. The van der Waals surface area contributed by atoms with Crippen molar-refractivity contribution in [2.24, 2.45) is 0 Å². The van der Waals surface area contributed by atoms with Crippen LogP contribution < -0.4 is 0 Å². The van der Waals surface area contributed by atoms with Crippen LogP contribution in [0.1, 0.15) is 10.4 Å². The van der Waals surface area contributed by atoms with Crippen LogP contribution in [0.3, 0.4) is 0 Å². The second-order valence-electron chi connectivity index (χ2n) is 3.52. The third kappa shape index (κ3) is 2.24. The minimum absolute atomic E-state index is 0.00600. The van der Waals surface area contributed by atoms with Gasteiger partial charge in [0.1, 0.15) is 5.75 Å². The van der Waals surface area contributed by atoms with E-state index in [1.54, 1.807) is 24.3 Å². The lowest BCUT2D eigenvalue weighted by molar-refractivity contribution is 0.0697. The third-order valence-corrected chi connectivity index (χ3v) is 2.82. The lowest BCUT2D eigenvalue weighted by Gasteiger charge is -2.06. The summed E-state index contributed by atoms with van der Waals surface area (Å²) in [6.07, 6.45) is 0. The van der Waals surface area contributed by atoms with Gasteiger partial charge >= 0.3 is 5.97 Å².